The number of allylic oxidation sites excluding steroid dienone is 1. The Kier molecular flexibility index (Phi) is 5.95. The van der Waals surface area contributed by atoms with Gasteiger partial charge in [0, 0.05) is 11.3 Å². The van der Waals surface area contributed by atoms with Crippen LogP contribution < -0.4 is 10.1 Å². The Morgan fingerprint density at radius 2 is 1.84 bits per heavy atom. The SMILES string of the molecule is C=CCc1cc(C(=O)Nc2cc(C(=O)OC)ccc2C)ccc1OC. The Bertz CT molecular complexity index is 811. The largest absolute Gasteiger partial charge is 0.496 e. The number of anilines is 1. The standard InChI is InChI=1S/C20H21NO4/c1-5-6-14-11-15(9-10-18(14)24-3)19(22)21-17-12-16(20(23)25-4)8-7-13(17)2/h5,7-12H,1,6H2,2-4H3,(H,21,22). The molecule has 0 radical (unpaired) electrons. The smallest absolute Gasteiger partial charge is 0.337 e. The van der Waals surface area contributed by atoms with Crippen molar-refractivity contribution in [3.05, 3.63) is 71.3 Å². The van der Waals surface area contributed by atoms with Gasteiger partial charge >= 0.3 is 5.97 Å². The first-order chi connectivity index (χ1) is 12.0. The van der Waals surface area contributed by atoms with Gasteiger partial charge in [0.2, 0.25) is 0 Å². The average molecular weight is 339 g/mol. The normalized spacial score (nSPS) is 10.0. The summed E-state index contributed by atoms with van der Waals surface area (Å²) in [6.45, 7) is 5.57. The van der Waals surface area contributed by atoms with E-state index in [0.29, 0.717) is 29.0 Å². The predicted octanol–water partition coefficient (Wildman–Crippen LogP) is 3.77. The second kappa shape index (κ2) is 8.15. The molecule has 2 aromatic rings. The number of carbonyl (C=O) groups excluding carboxylic acids is 2. The van der Waals surface area contributed by atoms with Crippen LogP contribution in [0, 0.1) is 6.92 Å². The fraction of sp³-hybridized carbons (Fsp3) is 0.200. The minimum absolute atomic E-state index is 0.266. The Hall–Kier alpha value is -3.08. The third-order valence-corrected chi connectivity index (χ3v) is 3.81. The number of nitrogens with one attached hydrogen (secondary N) is 1. The molecular weight excluding hydrogens is 318 g/mol. The highest BCUT2D eigenvalue weighted by atomic mass is 16.5. The number of ether oxygens (including phenoxy) is 2. The van der Waals surface area contributed by atoms with Crippen molar-refractivity contribution in [2.45, 2.75) is 13.3 Å². The molecule has 0 saturated heterocycles. The van der Waals surface area contributed by atoms with Crippen molar-refractivity contribution in [2.24, 2.45) is 0 Å². The van der Waals surface area contributed by atoms with Crippen molar-refractivity contribution in [3.63, 3.8) is 0 Å². The van der Waals surface area contributed by atoms with E-state index in [4.69, 9.17) is 9.47 Å². The van der Waals surface area contributed by atoms with Gasteiger partial charge in [-0.1, -0.05) is 12.1 Å². The van der Waals surface area contributed by atoms with Crippen molar-refractivity contribution in [2.75, 3.05) is 19.5 Å². The molecule has 1 amide bonds. The zero-order valence-corrected chi connectivity index (χ0v) is 14.6. The van der Waals surface area contributed by atoms with Crippen molar-refractivity contribution in [1.82, 2.24) is 0 Å². The fourth-order valence-electron chi connectivity index (χ4n) is 2.43. The molecular formula is C20H21NO4. The monoisotopic (exact) mass is 339 g/mol. The molecule has 0 aliphatic rings. The maximum Gasteiger partial charge on any atom is 0.337 e. The van der Waals surface area contributed by atoms with E-state index in [-0.39, 0.29) is 5.91 Å². The summed E-state index contributed by atoms with van der Waals surface area (Å²) in [5.74, 6) is -0.00776. The summed E-state index contributed by atoms with van der Waals surface area (Å²) >= 11 is 0. The minimum Gasteiger partial charge on any atom is -0.496 e. The maximum atomic E-state index is 12.6. The predicted molar refractivity (Wildman–Crippen MR) is 97.4 cm³/mol. The number of esters is 1. The number of amides is 1. The Balaban J connectivity index is 2.29. The van der Waals surface area contributed by atoms with Gasteiger partial charge in [0.15, 0.2) is 0 Å². The van der Waals surface area contributed by atoms with Crippen molar-refractivity contribution in [1.29, 1.82) is 0 Å². The second-order valence-electron chi connectivity index (χ2n) is 5.49. The molecule has 0 fully saturated rings. The number of methoxy groups -OCH3 is 2. The molecule has 130 valence electrons. The molecule has 1 N–H and O–H groups in total. The summed E-state index contributed by atoms with van der Waals surface area (Å²) < 4.78 is 10.0. The van der Waals surface area contributed by atoms with Gasteiger partial charge in [-0.3, -0.25) is 4.79 Å². The summed E-state index contributed by atoms with van der Waals surface area (Å²) in [6.07, 6.45) is 2.35. The van der Waals surface area contributed by atoms with E-state index in [1.807, 2.05) is 6.92 Å². The third kappa shape index (κ3) is 4.26. The van der Waals surface area contributed by atoms with Crippen molar-refractivity contribution < 1.29 is 19.1 Å². The molecule has 25 heavy (non-hydrogen) atoms. The molecule has 5 nitrogen and oxygen atoms in total. The Morgan fingerprint density at radius 1 is 1.12 bits per heavy atom. The summed E-state index contributed by atoms with van der Waals surface area (Å²) in [7, 11) is 2.91. The number of benzene rings is 2. The van der Waals surface area contributed by atoms with Crippen LogP contribution in [0.15, 0.2) is 49.1 Å². The van der Waals surface area contributed by atoms with Gasteiger partial charge < -0.3 is 14.8 Å². The summed E-state index contributed by atoms with van der Waals surface area (Å²) in [5, 5.41) is 2.84. The van der Waals surface area contributed by atoms with Crippen molar-refractivity contribution >= 4 is 17.6 Å². The van der Waals surface area contributed by atoms with E-state index in [1.54, 1.807) is 49.6 Å². The molecule has 0 aliphatic heterocycles. The van der Waals surface area contributed by atoms with Gasteiger partial charge in [-0.15, -0.1) is 6.58 Å². The molecule has 0 spiro atoms. The van der Waals surface area contributed by atoms with E-state index in [1.165, 1.54) is 7.11 Å². The number of hydrogen-bond acceptors (Lipinski definition) is 4. The lowest BCUT2D eigenvalue weighted by molar-refractivity contribution is 0.0600. The zero-order chi connectivity index (χ0) is 18.4. The fourth-order valence-corrected chi connectivity index (χ4v) is 2.43. The molecule has 0 atom stereocenters. The Morgan fingerprint density at radius 3 is 2.48 bits per heavy atom. The third-order valence-electron chi connectivity index (χ3n) is 3.81. The quantitative estimate of drug-likeness (QED) is 0.643. The Labute approximate surface area is 147 Å². The molecule has 0 bridgehead atoms. The van der Waals surface area contributed by atoms with Crippen LogP contribution in [0.25, 0.3) is 0 Å². The van der Waals surface area contributed by atoms with Gasteiger partial charge in [0.05, 0.1) is 19.8 Å². The van der Waals surface area contributed by atoms with E-state index < -0.39 is 5.97 Å². The first-order valence-electron chi connectivity index (χ1n) is 7.78. The van der Waals surface area contributed by atoms with Crippen LogP contribution in [0.1, 0.15) is 31.8 Å². The van der Waals surface area contributed by atoms with E-state index >= 15 is 0 Å². The molecule has 5 heteroatoms. The molecule has 0 aliphatic carbocycles. The maximum absolute atomic E-state index is 12.6. The molecule has 2 aromatic carbocycles. The average Bonchev–Trinajstić information content (AvgIpc) is 2.63. The van der Waals surface area contributed by atoms with Crippen molar-refractivity contribution in [3.8, 4) is 5.75 Å². The molecule has 2 rings (SSSR count). The van der Waals surface area contributed by atoms with Crippen LogP contribution in [0.2, 0.25) is 0 Å². The highest BCUT2D eigenvalue weighted by Crippen LogP contribution is 2.23. The zero-order valence-electron chi connectivity index (χ0n) is 14.6. The lowest BCUT2D eigenvalue weighted by Gasteiger charge is -2.12. The van der Waals surface area contributed by atoms with Crippen LogP contribution >= 0.6 is 0 Å². The molecule has 0 unspecified atom stereocenters. The summed E-state index contributed by atoms with van der Waals surface area (Å²) in [4.78, 5) is 24.2. The van der Waals surface area contributed by atoms with Gasteiger partial charge in [-0.05, 0) is 54.8 Å². The van der Waals surface area contributed by atoms with Crippen LogP contribution in [0.5, 0.6) is 5.75 Å². The number of rotatable bonds is 6. The molecule has 0 saturated carbocycles. The number of carbonyl (C=O) groups is 2. The van der Waals surface area contributed by atoms with Crippen LogP contribution in [0.3, 0.4) is 0 Å². The van der Waals surface area contributed by atoms with E-state index in [9.17, 15) is 9.59 Å². The van der Waals surface area contributed by atoms with Crippen LogP contribution in [0.4, 0.5) is 5.69 Å². The minimum atomic E-state index is -0.451. The van der Waals surface area contributed by atoms with Crippen LogP contribution in [-0.4, -0.2) is 26.1 Å². The number of hydrogen-bond donors (Lipinski definition) is 1. The summed E-state index contributed by atoms with van der Waals surface area (Å²) in [6, 6.07) is 10.2. The molecule has 0 aromatic heterocycles. The van der Waals surface area contributed by atoms with Gasteiger partial charge in [0.1, 0.15) is 5.75 Å². The number of aryl methyl sites for hydroxylation is 1. The highest BCUT2D eigenvalue weighted by Gasteiger charge is 2.13. The lowest BCUT2D eigenvalue weighted by atomic mass is 10.1. The lowest BCUT2D eigenvalue weighted by Crippen LogP contribution is -2.14. The van der Waals surface area contributed by atoms with Gasteiger partial charge in [-0.25, -0.2) is 4.79 Å². The first kappa shape index (κ1) is 18.3. The van der Waals surface area contributed by atoms with Gasteiger partial charge in [0.25, 0.3) is 5.91 Å². The second-order valence-corrected chi connectivity index (χ2v) is 5.49. The molecule has 0 heterocycles. The highest BCUT2D eigenvalue weighted by molar-refractivity contribution is 6.05. The van der Waals surface area contributed by atoms with E-state index in [0.717, 1.165) is 11.1 Å². The van der Waals surface area contributed by atoms with Gasteiger partial charge in [-0.2, -0.15) is 0 Å². The summed E-state index contributed by atoms with van der Waals surface area (Å²) in [5.41, 5.74) is 3.17. The first-order valence-corrected chi connectivity index (χ1v) is 7.78. The van der Waals surface area contributed by atoms with Crippen LogP contribution in [-0.2, 0) is 11.2 Å². The van der Waals surface area contributed by atoms with E-state index in [2.05, 4.69) is 11.9 Å². The topological polar surface area (TPSA) is 64.6 Å².